The first-order chi connectivity index (χ1) is 6.85. The zero-order valence-corrected chi connectivity index (χ0v) is 10.3. The van der Waals surface area contributed by atoms with Gasteiger partial charge in [0.2, 0.25) is 5.91 Å². The van der Waals surface area contributed by atoms with Gasteiger partial charge in [0, 0.05) is 19.0 Å². The number of nitrogens with two attached hydrogens (primary N) is 1. The summed E-state index contributed by atoms with van der Waals surface area (Å²) >= 11 is 0. The molecule has 1 unspecified atom stereocenters. The summed E-state index contributed by atoms with van der Waals surface area (Å²) in [5, 5.41) is 1.22. The Kier molecular flexibility index (Phi) is 3.73. The van der Waals surface area contributed by atoms with Crippen LogP contribution in [-0.2, 0) is 4.79 Å². The molecular formula is C11H23N3O. The number of piperidine rings is 1. The standard InChI is InChI=1S/C11H23N3O/c1-11(2,10(15)14(4)12)9-6-5-7-13(3)8-9/h9H,5-8,12H2,1-4H3. The van der Waals surface area contributed by atoms with Gasteiger partial charge in [-0.1, -0.05) is 13.8 Å². The van der Waals surface area contributed by atoms with Crippen molar-refractivity contribution in [1.29, 1.82) is 0 Å². The fourth-order valence-electron chi connectivity index (χ4n) is 2.38. The summed E-state index contributed by atoms with van der Waals surface area (Å²) in [6, 6.07) is 0. The molecule has 1 atom stereocenters. The number of hydrazine groups is 1. The van der Waals surface area contributed by atoms with Crippen LogP contribution in [0.5, 0.6) is 0 Å². The Hall–Kier alpha value is -0.610. The van der Waals surface area contributed by atoms with Gasteiger partial charge in [-0.2, -0.15) is 0 Å². The highest BCUT2D eigenvalue weighted by Gasteiger charge is 2.39. The summed E-state index contributed by atoms with van der Waals surface area (Å²) in [7, 11) is 3.73. The van der Waals surface area contributed by atoms with Crippen molar-refractivity contribution in [1.82, 2.24) is 9.91 Å². The molecule has 1 rings (SSSR count). The molecular weight excluding hydrogens is 190 g/mol. The summed E-state index contributed by atoms with van der Waals surface area (Å²) < 4.78 is 0. The Morgan fingerprint density at radius 2 is 2.13 bits per heavy atom. The summed E-state index contributed by atoms with van der Waals surface area (Å²) in [6.45, 7) is 6.14. The molecule has 1 aliphatic heterocycles. The topological polar surface area (TPSA) is 49.6 Å². The van der Waals surface area contributed by atoms with Crippen molar-refractivity contribution in [3.8, 4) is 0 Å². The molecule has 0 saturated carbocycles. The van der Waals surface area contributed by atoms with Crippen LogP contribution in [0.3, 0.4) is 0 Å². The van der Waals surface area contributed by atoms with Crippen LogP contribution < -0.4 is 5.84 Å². The van der Waals surface area contributed by atoms with Crippen molar-refractivity contribution in [2.75, 3.05) is 27.2 Å². The van der Waals surface area contributed by atoms with Crippen LogP contribution in [0.4, 0.5) is 0 Å². The normalized spacial score (nSPS) is 23.9. The van der Waals surface area contributed by atoms with Gasteiger partial charge in [0.15, 0.2) is 0 Å². The van der Waals surface area contributed by atoms with E-state index in [0.29, 0.717) is 5.92 Å². The zero-order chi connectivity index (χ0) is 11.6. The minimum atomic E-state index is -0.349. The number of hydrogen-bond acceptors (Lipinski definition) is 3. The number of nitrogens with zero attached hydrogens (tertiary/aromatic N) is 2. The Morgan fingerprint density at radius 3 is 2.60 bits per heavy atom. The van der Waals surface area contributed by atoms with Gasteiger partial charge in [-0.05, 0) is 32.4 Å². The van der Waals surface area contributed by atoms with Crippen LogP contribution in [0.1, 0.15) is 26.7 Å². The van der Waals surface area contributed by atoms with E-state index in [9.17, 15) is 4.79 Å². The average Bonchev–Trinajstić information content (AvgIpc) is 2.16. The van der Waals surface area contributed by atoms with Crippen molar-refractivity contribution in [2.24, 2.45) is 17.2 Å². The first-order valence-electron chi connectivity index (χ1n) is 5.57. The highest BCUT2D eigenvalue weighted by Crippen LogP contribution is 2.34. The molecule has 1 heterocycles. The minimum Gasteiger partial charge on any atom is -0.306 e. The zero-order valence-electron chi connectivity index (χ0n) is 10.3. The van der Waals surface area contributed by atoms with Crippen molar-refractivity contribution in [3.63, 3.8) is 0 Å². The lowest BCUT2D eigenvalue weighted by atomic mass is 9.74. The lowest BCUT2D eigenvalue weighted by Crippen LogP contribution is -2.50. The summed E-state index contributed by atoms with van der Waals surface area (Å²) in [6.07, 6.45) is 2.29. The fraction of sp³-hybridized carbons (Fsp3) is 0.909. The Labute approximate surface area is 92.4 Å². The molecule has 1 fully saturated rings. The molecule has 0 aliphatic carbocycles. The van der Waals surface area contributed by atoms with Crippen molar-refractivity contribution in [2.45, 2.75) is 26.7 Å². The van der Waals surface area contributed by atoms with E-state index in [1.165, 1.54) is 11.4 Å². The molecule has 2 N–H and O–H groups in total. The smallest absolute Gasteiger partial charge is 0.242 e. The second-order valence-corrected chi connectivity index (χ2v) is 5.24. The molecule has 0 aromatic carbocycles. The lowest BCUT2D eigenvalue weighted by molar-refractivity contribution is -0.143. The van der Waals surface area contributed by atoms with Crippen LogP contribution in [0.25, 0.3) is 0 Å². The quantitative estimate of drug-likeness (QED) is 0.417. The van der Waals surface area contributed by atoms with Gasteiger partial charge in [0.05, 0.1) is 0 Å². The molecule has 1 aliphatic rings. The second-order valence-electron chi connectivity index (χ2n) is 5.24. The van der Waals surface area contributed by atoms with Crippen molar-refractivity contribution in [3.05, 3.63) is 0 Å². The maximum Gasteiger partial charge on any atom is 0.242 e. The summed E-state index contributed by atoms with van der Waals surface area (Å²) in [5.41, 5.74) is -0.349. The summed E-state index contributed by atoms with van der Waals surface area (Å²) in [5.74, 6) is 5.98. The van der Waals surface area contributed by atoms with E-state index in [1.807, 2.05) is 13.8 Å². The first-order valence-corrected chi connectivity index (χ1v) is 5.57. The predicted octanol–water partition coefficient (Wildman–Crippen LogP) is 0.686. The largest absolute Gasteiger partial charge is 0.306 e. The molecule has 88 valence electrons. The molecule has 4 nitrogen and oxygen atoms in total. The predicted molar refractivity (Wildman–Crippen MR) is 61.0 cm³/mol. The van der Waals surface area contributed by atoms with Crippen LogP contribution in [0.15, 0.2) is 0 Å². The third-order valence-corrected chi connectivity index (χ3v) is 3.52. The second kappa shape index (κ2) is 4.49. The molecule has 0 aromatic heterocycles. The SMILES string of the molecule is CN1CCCC(C(C)(C)C(=O)N(C)N)C1. The van der Waals surface area contributed by atoms with Gasteiger partial charge in [0.25, 0.3) is 0 Å². The molecule has 0 bridgehead atoms. The first kappa shape index (κ1) is 12.5. The number of rotatable bonds is 2. The molecule has 15 heavy (non-hydrogen) atoms. The fourth-order valence-corrected chi connectivity index (χ4v) is 2.38. The number of hydrogen-bond donors (Lipinski definition) is 1. The van der Waals surface area contributed by atoms with E-state index < -0.39 is 0 Å². The van der Waals surface area contributed by atoms with Crippen molar-refractivity contribution < 1.29 is 4.79 Å². The lowest BCUT2D eigenvalue weighted by Gasteiger charge is -2.40. The van der Waals surface area contributed by atoms with E-state index in [2.05, 4.69) is 11.9 Å². The third kappa shape index (κ3) is 2.69. The van der Waals surface area contributed by atoms with Gasteiger partial charge in [-0.3, -0.25) is 9.80 Å². The number of carbonyl (C=O) groups excluding carboxylic acids is 1. The average molecular weight is 213 g/mol. The molecule has 1 saturated heterocycles. The highest BCUT2D eigenvalue weighted by atomic mass is 16.2. The van der Waals surface area contributed by atoms with Gasteiger partial charge >= 0.3 is 0 Å². The molecule has 0 radical (unpaired) electrons. The Balaban J connectivity index is 2.71. The highest BCUT2D eigenvalue weighted by molar-refractivity contribution is 5.81. The molecule has 0 aromatic rings. The maximum atomic E-state index is 12.0. The van der Waals surface area contributed by atoms with Gasteiger partial charge in [-0.15, -0.1) is 0 Å². The van der Waals surface area contributed by atoms with Crippen LogP contribution >= 0.6 is 0 Å². The van der Waals surface area contributed by atoms with Crippen LogP contribution in [0.2, 0.25) is 0 Å². The molecule has 1 amide bonds. The van der Waals surface area contributed by atoms with E-state index in [0.717, 1.165) is 19.5 Å². The van der Waals surface area contributed by atoms with Gasteiger partial charge < -0.3 is 4.90 Å². The third-order valence-electron chi connectivity index (χ3n) is 3.52. The van der Waals surface area contributed by atoms with E-state index >= 15 is 0 Å². The maximum absolute atomic E-state index is 12.0. The summed E-state index contributed by atoms with van der Waals surface area (Å²) in [4.78, 5) is 14.2. The van der Waals surface area contributed by atoms with E-state index in [-0.39, 0.29) is 11.3 Å². The Bertz CT molecular complexity index is 238. The number of likely N-dealkylation sites (tertiary alicyclic amines) is 1. The Morgan fingerprint density at radius 1 is 1.53 bits per heavy atom. The van der Waals surface area contributed by atoms with Crippen molar-refractivity contribution >= 4 is 5.91 Å². The molecule has 0 spiro atoms. The van der Waals surface area contributed by atoms with Gasteiger partial charge in [-0.25, -0.2) is 5.84 Å². The molecule has 4 heteroatoms. The van der Waals surface area contributed by atoms with Gasteiger partial charge in [0.1, 0.15) is 0 Å². The van der Waals surface area contributed by atoms with E-state index in [1.54, 1.807) is 7.05 Å². The minimum absolute atomic E-state index is 0.0304. The van der Waals surface area contributed by atoms with Crippen LogP contribution in [-0.4, -0.2) is 43.0 Å². The number of carbonyl (C=O) groups is 1. The van der Waals surface area contributed by atoms with E-state index in [4.69, 9.17) is 5.84 Å². The monoisotopic (exact) mass is 213 g/mol. The van der Waals surface area contributed by atoms with Crippen LogP contribution in [0, 0.1) is 11.3 Å². The number of amides is 1.